The van der Waals surface area contributed by atoms with E-state index in [4.69, 9.17) is 0 Å². The summed E-state index contributed by atoms with van der Waals surface area (Å²) < 4.78 is 1.82. The fourth-order valence-corrected chi connectivity index (χ4v) is 2.61. The van der Waals surface area contributed by atoms with Crippen LogP contribution in [0.4, 0.5) is 5.69 Å². The van der Waals surface area contributed by atoms with Crippen molar-refractivity contribution in [1.29, 1.82) is 0 Å². The maximum atomic E-state index is 12.2. The van der Waals surface area contributed by atoms with Crippen LogP contribution in [0.1, 0.15) is 23.9 Å². The lowest BCUT2D eigenvalue weighted by atomic mass is 10.1. The molecule has 0 radical (unpaired) electrons. The maximum Gasteiger partial charge on any atom is 0.224 e. The fraction of sp³-hybridized carbons (Fsp3) is 0.444. The quantitative estimate of drug-likeness (QED) is 0.889. The lowest BCUT2D eigenvalue weighted by Crippen LogP contribution is -2.40. The van der Waals surface area contributed by atoms with E-state index in [0.717, 1.165) is 22.6 Å². The topological polar surface area (TPSA) is 50.2 Å². The first-order valence-corrected chi connectivity index (χ1v) is 7.93. The fourth-order valence-electron chi connectivity index (χ4n) is 2.61. The second kappa shape index (κ2) is 7.31. The number of aryl methyl sites for hydroxylation is 2. The molecule has 0 aliphatic carbocycles. The van der Waals surface area contributed by atoms with Gasteiger partial charge in [-0.05, 0) is 32.9 Å². The summed E-state index contributed by atoms with van der Waals surface area (Å²) in [6, 6.07) is 10.4. The van der Waals surface area contributed by atoms with E-state index in [1.165, 1.54) is 0 Å². The minimum Gasteiger partial charge on any atom is -0.370 e. The number of hydrogen-bond donors (Lipinski definition) is 1. The van der Waals surface area contributed by atoms with Crippen LogP contribution in [-0.4, -0.2) is 35.3 Å². The summed E-state index contributed by atoms with van der Waals surface area (Å²) in [5.74, 6) is 0.0394. The number of nitrogens with zero attached hydrogens (tertiary/aromatic N) is 3. The van der Waals surface area contributed by atoms with Crippen LogP contribution in [0.5, 0.6) is 0 Å². The molecule has 1 aromatic heterocycles. The van der Waals surface area contributed by atoms with Crippen LogP contribution in [-0.2, 0) is 18.3 Å². The van der Waals surface area contributed by atoms with Crippen LogP contribution in [0.2, 0.25) is 0 Å². The number of benzene rings is 1. The third kappa shape index (κ3) is 4.12. The lowest BCUT2D eigenvalue weighted by molar-refractivity contribution is -0.120. The van der Waals surface area contributed by atoms with Gasteiger partial charge in [-0.15, -0.1) is 0 Å². The molecule has 1 atom stereocenters. The molecule has 0 aliphatic heterocycles. The predicted molar refractivity (Wildman–Crippen MR) is 93.7 cm³/mol. The van der Waals surface area contributed by atoms with Gasteiger partial charge in [0.15, 0.2) is 0 Å². The van der Waals surface area contributed by atoms with E-state index in [2.05, 4.69) is 34.4 Å². The average Bonchev–Trinajstić information content (AvgIpc) is 2.79. The van der Waals surface area contributed by atoms with E-state index in [-0.39, 0.29) is 11.9 Å². The Hall–Kier alpha value is -2.30. The summed E-state index contributed by atoms with van der Waals surface area (Å²) >= 11 is 0. The van der Waals surface area contributed by atoms with E-state index in [9.17, 15) is 4.79 Å². The average molecular weight is 314 g/mol. The summed E-state index contributed by atoms with van der Waals surface area (Å²) in [5.41, 5.74) is 4.14. The summed E-state index contributed by atoms with van der Waals surface area (Å²) in [6.07, 6.45) is 0.382. The minimum absolute atomic E-state index is 0.0394. The van der Waals surface area contributed by atoms with Crippen LogP contribution in [0.3, 0.4) is 0 Å². The van der Waals surface area contributed by atoms with Crippen LogP contribution in [0, 0.1) is 13.8 Å². The summed E-state index contributed by atoms with van der Waals surface area (Å²) in [6.45, 7) is 6.66. The van der Waals surface area contributed by atoms with Gasteiger partial charge in [-0.2, -0.15) is 5.10 Å². The molecule has 2 aromatic rings. The molecule has 0 saturated heterocycles. The highest BCUT2D eigenvalue weighted by atomic mass is 16.1. The molecule has 0 bridgehead atoms. The molecule has 1 unspecified atom stereocenters. The third-order valence-electron chi connectivity index (χ3n) is 4.42. The summed E-state index contributed by atoms with van der Waals surface area (Å²) in [5, 5.41) is 7.38. The predicted octanol–water partition coefficient (Wildman–Crippen LogP) is 2.22. The van der Waals surface area contributed by atoms with Gasteiger partial charge >= 0.3 is 0 Å². The molecule has 0 spiro atoms. The SMILES string of the molecule is Cc1nn(C)c(C)c1CC(=O)NCC(C)N(C)c1ccccc1. The van der Waals surface area contributed by atoms with Gasteiger partial charge in [0.25, 0.3) is 0 Å². The Kier molecular flexibility index (Phi) is 5.42. The summed E-state index contributed by atoms with van der Waals surface area (Å²) in [7, 11) is 3.95. The number of carbonyl (C=O) groups is 1. The molecule has 1 N–H and O–H groups in total. The van der Waals surface area contributed by atoms with Crippen LogP contribution < -0.4 is 10.2 Å². The Bertz CT molecular complexity index is 663. The first-order chi connectivity index (χ1) is 10.9. The number of likely N-dealkylation sites (N-methyl/N-ethyl adjacent to an activating group) is 1. The van der Waals surface area contributed by atoms with Gasteiger partial charge in [0.2, 0.25) is 5.91 Å². The molecule has 5 nitrogen and oxygen atoms in total. The third-order valence-corrected chi connectivity index (χ3v) is 4.42. The Balaban J connectivity index is 1.89. The monoisotopic (exact) mass is 314 g/mol. The first-order valence-electron chi connectivity index (χ1n) is 7.93. The normalized spacial score (nSPS) is 12.0. The number of aromatic nitrogens is 2. The molecule has 5 heteroatoms. The molecule has 0 saturated carbocycles. The van der Waals surface area contributed by atoms with Gasteiger partial charge in [0.05, 0.1) is 12.1 Å². The zero-order valence-corrected chi connectivity index (χ0v) is 14.6. The van der Waals surface area contributed by atoms with Crippen LogP contribution in [0.25, 0.3) is 0 Å². The number of rotatable bonds is 6. The van der Waals surface area contributed by atoms with Gasteiger partial charge in [-0.25, -0.2) is 0 Å². The second-order valence-corrected chi connectivity index (χ2v) is 6.05. The van der Waals surface area contributed by atoms with E-state index < -0.39 is 0 Å². The van der Waals surface area contributed by atoms with E-state index in [0.29, 0.717) is 13.0 Å². The number of hydrogen-bond acceptors (Lipinski definition) is 3. The van der Waals surface area contributed by atoms with Crippen molar-refractivity contribution in [3.8, 4) is 0 Å². The number of anilines is 1. The minimum atomic E-state index is 0.0394. The maximum absolute atomic E-state index is 12.2. The second-order valence-electron chi connectivity index (χ2n) is 6.05. The molecule has 23 heavy (non-hydrogen) atoms. The van der Waals surface area contributed by atoms with Crippen molar-refractivity contribution in [2.45, 2.75) is 33.2 Å². The van der Waals surface area contributed by atoms with Gasteiger partial charge in [0.1, 0.15) is 0 Å². The van der Waals surface area contributed by atoms with Crippen LogP contribution >= 0.6 is 0 Å². The summed E-state index contributed by atoms with van der Waals surface area (Å²) in [4.78, 5) is 14.4. The molecule has 0 aliphatic rings. The zero-order chi connectivity index (χ0) is 17.0. The molecule has 124 valence electrons. The highest BCUT2D eigenvalue weighted by Gasteiger charge is 2.15. The van der Waals surface area contributed by atoms with Crippen molar-refractivity contribution in [1.82, 2.24) is 15.1 Å². The zero-order valence-electron chi connectivity index (χ0n) is 14.6. The highest BCUT2D eigenvalue weighted by Crippen LogP contribution is 2.14. The number of nitrogens with one attached hydrogen (secondary N) is 1. The molecule has 1 aromatic carbocycles. The van der Waals surface area contributed by atoms with Gasteiger partial charge in [-0.1, -0.05) is 18.2 Å². The molecular weight excluding hydrogens is 288 g/mol. The first kappa shape index (κ1) is 17.1. The smallest absolute Gasteiger partial charge is 0.224 e. The standard InChI is InChI=1S/C18H26N4O/c1-13(21(4)16-9-7-6-8-10-16)12-19-18(23)11-17-14(2)20-22(5)15(17)3/h6-10,13H,11-12H2,1-5H3,(H,19,23). The largest absolute Gasteiger partial charge is 0.370 e. The number of para-hydroxylation sites is 1. The van der Waals surface area contributed by atoms with Crippen molar-refractivity contribution in [2.75, 3.05) is 18.5 Å². The molecular formula is C18H26N4O. The van der Waals surface area contributed by atoms with E-state index in [1.54, 1.807) is 0 Å². The van der Waals surface area contributed by atoms with Crippen LogP contribution in [0.15, 0.2) is 30.3 Å². The van der Waals surface area contributed by atoms with Crippen molar-refractivity contribution < 1.29 is 4.79 Å². The lowest BCUT2D eigenvalue weighted by Gasteiger charge is -2.27. The number of amides is 1. The Morgan fingerprint density at radius 1 is 1.30 bits per heavy atom. The Labute approximate surface area is 138 Å². The van der Waals surface area contributed by atoms with Gasteiger partial charge in [-0.3, -0.25) is 9.48 Å². The van der Waals surface area contributed by atoms with Gasteiger partial charge < -0.3 is 10.2 Å². The molecule has 1 heterocycles. The van der Waals surface area contributed by atoms with Crippen molar-refractivity contribution in [3.05, 3.63) is 47.3 Å². The van der Waals surface area contributed by atoms with Crippen molar-refractivity contribution in [2.24, 2.45) is 7.05 Å². The molecule has 1 amide bonds. The van der Waals surface area contributed by atoms with E-state index >= 15 is 0 Å². The van der Waals surface area contributed by atoms with Crippen molar-refractivity contribution in [3.63, 3.8) is 0 Å². The van der Waals surface area contributed by atoms with Crippen molar-refractivity contribution >= 4 is 11.6 Å². The van der Waals surface area contributed by atoms with Gasteiger partial charge in [0, 0.05) is 43.6 Å². The Morgan fingerprint density at radius 2 is 1.96 bits per heavy atom. The number of carbonyl (C=O) groups excluding carboxylic acids is 1. The molecule has 0 fully saturated rings. The molecule has 2 rings (SSSR count). The Morgan fingerprint density at radius 3 is 2.52 bits per heavy atom. The van der Waals surface area contributed by atoms with E-state index in [1.807, 2.05) is 50.8 Å². The highest BCUT2D eigenvalue weighted by molar-refractivity contribution is 5.79.